The van der Waals surface area contributed by atoms with Crippen molar-refractivity contribution in [3.05, 3.63) is 35.2 Å². The summed E-state index contributed by atoms with van der Waals surface area (Å²) in [5, 5.41) is 0. The molecule has 0 bridgehead atoms. The molecule has 0 saturated heterocycles. The van der Waals surface area contributed by atoms with E-state index in [9.17, 15) is 0 Å². The van der Waals surface area contributed by atoms with Gasteiger partial charge < -0.3 is 0 Å². The third-order valence-corrected chi connectivity index (χ3v) is 15.4. The topological polar surface area (TPSA) is 0 Å². The average molecular weight is 439 g/mol. The maximum atomic E-state index is 2.28. The van der Waals surface area contributed by atoms with Crippen LogP contribution >= 0.6 is 94.1 Å². The molecule has 0 radical (unpaired) electrons. The molecule has 0 fully saturated rings. The van der Waals surface area contributed by atoms with Crippen LogP contribution in [-0.2, 0) is 0 Å². The minimum Gasteiger partial charge on any atom is -0.116 e. The number of allylic oxidation sites excluding steroid dienone is 1. The first-order valence-corrected chi connectivity index (χ1v) is 13.9. The fraction of sp³-hybridized carbons (Fsp3) is 0.429. The van der Waals surface area contributed by atoms with Crippen molar-refractivity contribution in [2.75, 3.05) is 11.5 Å². The van der Waals surface area contributed by atoms with E-state index in [4.69, 9.17) is 0 Å². The van der Waals surface area contributed by atoms with Gasteiger partial charge in [0.1, 0.15) is 0 Å². The highest BCUT2D eigenvalue weighted by Crippen LogP contribution is 2.71. The third kappa shape index (κ3) is 3.37. The molecule has 0 saturated carbocycles. The van der Waals surface area contributed by atoms with Gasteiger partial charge in [-0.25, -0.2) is 0 Å². The van der Waals surface area contributed by atoms with Gasteiger partial charge in [0.25, 0.3) is 0 Å². The first-order valence-electron chi connectivity index (χ1n) is 7.06. The van der Waals surface area contributed by atoms with Gasteiger partial charge in [-0.2, -0.15) is 0 Å². The summed E-state index contributed by atoms with van der Waals surface area (Å²) in [7, 11) is 0. The first-order chi connectivity index (χ1) is 10.8. The van der Waals surface area contributed by atoms with E-state index in [0.717, 1.165) is 0 Å². The van der Waals surface area contributed by atoms with Crippen LogP contribution in [0.25, 0.3) is 0 Å². The minimum absolute atomic E-state index is 1.19. The van der Waals surface area contributed by atoms with Crippen LogP contribution in [0.2, 0.25) is 0 Å². The Morgan fingerprint density at radius 1 is 0.636 bits per heavy atom. The van der Waals surface area contributed by atoms with Crippen molar-refractivity contribution < 1.29 is 0 Å². The molecule has 0 atom stereocenters. The molecule has 22 heavy (non-hydrogen) atoms. The van der Waals surface area contributed by atoms with E-state index in [1.807, 2.05) is 94.1 Å². The molecule has 8 heteroatoms. The second-order valence-electron chi connectivity index (χ2n) is 4.63. The summed E-state index contributed by atoms with van der Waals surface area (Å²) in [5.74, 6) is 2.54. The molecule has 4 rings (SSSR count). The molecule has 118 valence electrons. The fourth-order valence-corrected chi connectivity index (χ4v) is 15.1. The molecule has 0 aromatic carbocycles. The average Bonchev–Trinajstić information content (AvgIpc) is 3.19. The monoisotopic (exact) mass is 438 g/mol. The van der Waals surface area contributed by atoms with Crippen molar-refractivity contribution >= 4 is 94.1 Å². The van der Waals surface area contributed by atoms with Crippen molar-refractivity contribution in [2.45, 2.75) is 26.7 Å². The van der Waals surface area contributed by atoms with Gasteiger partial charge >= 0.3 is 0 Å². The Kier molecular flexibility index (Phi) is 5.91. The summed E-state index contributed by atoms with van der Waals surface area (Å²) in [6.45, 7) is 4.56. The summed E-state index contributed by atoms with van der Waals surface area (Å²) >= 11 is 16.2. The lowest BCUT2D eigenvalue weighted by atomic mass is 10.2. The predicted octanol–water partition coefficient (Wildman–Crippen LogP) is 8.32. The van der Waals surface area contributed by atoms with Crippen LogP contribution in [0.5, 0.6) is 0 Å². The molecule has 4 aliphatic rings. The third-order valence-electron chi connectivity index (χ3n) is 3.30. The second-order valence-corrected chi connectivity index (χ2v) is 14.8. The Labute approximate surface area is 166 Å². The number of hydrogen-bond acceptors (Lipinski definition) is 8. The maximum Gasteiger partial charge on any atom is 0.0718 e. The molecular formula is C14H14S8. The minimum atomic E-state index is 1.19. The van der Waals surface area contributed by atoms with Crippen LogP contribution in [0.15, 0.2) is 35.2 Å². The Bertz CT molecular complexity index is 591. The SMILES string of the molecule is CCC(CC)=C1SC2=C(S1)SC(=C1SC3=C(SCCS3)S1)S2. The van der Waals surface area contributed by atoms with Crippen LogP contribution < -0.4 is 0 Å². The molecule has 4 aliphatic heterocycles. The highest BCUT2D eigenvalue weighted by atomic mass is 32.3. The van der Waals surface area contributed by atoms with Gasteiger partial charge in [0.2, 0.25) is 0 Å². The van der Waals surface area contributed by atoms with Crippen LogP contribution in [0.1, 0.15) is 26.7 Å². The number of hydrogen-bond donors (Lipinski definition) is 0. The smallest absolute Gasteiger partial charge is 0.0718 e. The van der Waals surface area contributed by atoms with Gasteiger partial charge in [-0.05, 0) is 18.4 Å². The number of rotatable bonds is 2. The van der Waals surface area contributed by atoms with Crippen molar-refractivity contribution in [1.82, 2.24) is 0 Å². The van der Waals surface area contributed by atoms with Gasteiger partial charge in [-0.15, -0.1) is 23.5 Å². The fourth-order valence-electron chi connectivity index (χ4n) is 2.15. The van der Waals surface area contributed by atoms with Crippen LogP contribution in [0, 0.1) is 0 Å². The lowest BCUT2D eigenvalue weighted by molar-refractivity contribution is 0.981. The highest BCUT2D eigenvalue weighted by Gasteiger charge is 2.35. The van der Waals surface area contributed by atoms with Gasteiger partial charge in [0, 0.05) is 11.5 Å². The molecule has 0 spiro atoms. The molecule has 0 N–H and O–H groups in total. The standard InChI is InChI=1S/C14H14S8/c1-3-7(4-2)8-17-11-12(18-8)22-14(21-11)13-19-9-10(20-13)16-6-5-15-9/h3-6H2,1-2H3. The van der Waals surface area contributed by atoms with Crippen LogP contribution in [0.4, 0.5) is 0 Å². The van der Waals surface area contributed by atoms with E-state index < -0.39 is 0 Å². The van der Waals surface area contributed by atoms with Gasteiger partial charge in [0.05, 0.1) is 29.7 Å². The Morgan fingerprint density at radius 3 is 1.50 bits per heavy atom. The Hall–Kier alpha value is 1.76. The molecule has 0 unspecified atom stereocenters. The first kappa shape index (κ1) is 17.2. The summed E-state index contributed by atoms with van der Waals surface area (Å²) in [4.78, 5) is 0. The van der Waals surface area contributed by atoms with Crippen molar-refractivity contribution in [1.29, 1.82) is 0 Å². The largest absolute Gasteiger partial charge is 0.116 e. The molecular weight excluding hydrogens is 425 g/mol. The lowest BCUT2D eigenvalue weighted by Crippen LogP contribution is -1.88. The summed E-state index contributed by atoms with van der Waals surface area (Å²) in [6.07, 6.45) is 2.37. The quantitative estimate of drug-likeness (QED) is 0.416. The van der Waals surface area contributed by atoms with E-state index >= 15 is 0 Å². The second kappa shape index (κ2) is 7.56. The zero-order valence-electron chi connectivity index (χ0n) is 12.1. The van der Waals surface area contributed by atoms with E-state index in [1.165, 1.54) is 41.3 Å². The van der Waals surface area contributed by atoms with Crippen molar-refractivity contribution in [2.24, 2.45) is 0 Å². The summed E-state index contributed by atoms with van der Waals surface area (Å²) < 4.78 is 10.7. The Balaban J connectivity index is 1.47. The molecule has 0 aliphatic carbocycles. The number of thioether (sulfide) groups is 8. The Morgan fingerprint density at radius 2 is 1.05 bits per heavy atom. The van der Waals surface area contributed by atoms with Gasteiger partial charge in [-0.1, -0.05) is 84.4 Å². The van der Waals surface area contributed by atoms with E-state index in [2.05, 4.69) is 13.8 Å². The molecule has 4 heterocycles. The normalized spacial score (nSPS) is 24.5. The van der Waals surface area contributed by atoms with E-state index in [0.29, 0.717) is 0 Å². The molecule has 0 aromatic heterocycles. The zero-order valence-corrected chi connectivity index (χ0v) is 18.6. The van der Waals surface area contributed by atoms with Crippen LogP contribution in [0.3, 0.4) is 0 Å². The summed E-state index contributed by atoms with van der Waals surface area (Å²) in [6, 6.07) is 0. The van der Waals surface area contributed by atoms with Crippen molar-refractivity contribution in [3.8, 4) is 0 Å². The van der Waals surface area contributed by atoms with Gasteiger partial charge in [-0.3, -0.25) is 0 Å². The lowest BCUT2D eigenvalue weighted by Gasteiger charge is -2.08. The maximum absolute atomic E-state index is 2.28. The molecule has 0 amide bonds. The van der Waals surface area contributed by atoms with E-state index in [-0.39, 0.29) is 0 Å². The molecule has 0 nitrogen and oxygen atoms in total. The summed E-state index contributed by atoms with van der Waals surface area (Å²) in [5.41, 5.74) is 1.62. The van der Waals surface area contributed by atoms with Crippen LogP contribution in [-0.4, -0.2) is 11.5 Å². The van der Waals surface area contributed by atoms with Crippen molar-refractivity contribution in [3.63, 3.8) is 0 Å². The zero-order chi connectivity index (χ0) is 15.1. The predicted molar refractivity (Wildman–Crippen MR) is 119 cm³/mol. The highest BCUT2D eigenvalue weighted by molar-refractivity contribution is 8.49. The van der Waals surface area contributed by atoms with Gasteiger partial charge in [0.15, 0.2) is 0 Å². The van der Waals surface area contributed by atoms with E-state index in [1.54, 1.807) is 18.3 Å². The molecule has 0 aromatic rings.